The molecule has 4 aromatic rings. The molecular weight excluding hydrogens is 443 g/mol. The summed E-state index contributed by atoms with van der Waals surface area (Å²) in [5.74, 6) is -0.210. The molecule has 32 heavy (non-hydrogen) atoms. The fraction of sp³-hybridized carbons (Fsp3) is 0.0909. The molecule has 164 valence electrons. The summed E-state index contributed by atoms with van der Waals surface area (Å²) < 4.78 is 46.0. The van der Waals surface area contributed by atoms with Crippen molar-refractivity contribution in [2.45, 2.75) is 6.36 Å². The normalized spacial score (nSPS) is 11.4. The highest BCUT2D eigenvalue weighted by Crippen LogP contribution is 2.36. The third kappa shape index (κ3) is 4.45. The van der Waals surface area contributed by atoms with Crippen molar-refractivity contribution in [1.82, 2.24) is 4.98 Å². The average Bonchev–Trinajstić information content (AvgIpc) is 3.10. The van der Waals surface area contributed by atoms with Crippen LogP contribution in [0.1, 0.15) is 9.67 Å². The molecule has 6 nitrogen and oxygen atoms in total. The Labute approximate surface area is 184 Å². The molecule has 10 heteroatoms. The number of fused-ring (bicyclic) bond motifs is 1. The summed E-state index contributed by atoms with van der Waals surface area (Å²) in [5, 5.41) is 3.25. The molecule has 2 aromatic heterocycles. The number of nitrogens with zero attached hydrogens (tertiary/aromatic N) is 1. The Hall–Kier alpha value is -3.79. The Balaban J connectivity index is 1.59. The molecular formula is C22H16F3N3O3S. The molecule has 0 radical (unpaired) electrons. The second kappa shape index (κ2) is 8.39. The lowest BCUT2D eigenvalue weighted by molar-refractivity contribution is -0.274. The van der Waals surface area contributed by atoms with E-state index in [0.717, 1.165) is 29.0 Å². The number of nitrogens with two attached hydrogens (primary N) is 1. The van der Waals surface area contributed by atoms with Crippen LogP contribution in [-0.2, 0) is 0 Å². The van der Waals surface area contributed by atoms with E-state index >= 15 is 0 Å². The molecule has 1 amide bonds. The lowest BCUT2D eigenvalue weighted by Crippen LogP contribution is -2.17. The van der Waals surface area contributed by atoms with Crippen molar-refractivity contribution >= 4 is 38.8 Å². The fourth-order valence-corrected chi connectivity index (χ4v) is 4.09. The molecule has 0 aliphatic rings. The standard InChI is InChI=1S/C22H16F3N3O3S/c1-30-17-5-3-2-4-14(17)16-11-10-15-18(26)19(32-21(15)28-16)20(29)27-12-6-8-13(9-7-12)31-22(23,24)25/h2-11H,26H2,1H3,(H,27,29). The SMILES string of the molecule is COc1ccccc1-c1ccc2c(N)c(C(=O)Nc3ccc(OC(F)(F)F)cc3)sc2n1. The number of hydrogen-bond acceptors (Lipinski definition) is 6. The second-order valence-corrected chi connectivity index (χ2v) is 7.62. The van der Waals surface area contributed by atoms with Gasteiger partial charge in [-0.05, 0) is 48.5 Å². The van der Waals surface area contributed by atoms with E-state index in [4.69, 9.17) is 10.5 Å². The predicted octanol–water partition coefficient (Wildman–Crippen LogP) is 5.71. The van der Waals surface area contributed by atoms with Crippen molar-refractivity contribution in [1.29, 1.82) is 0 Å². The van der Waals surface area contributed by atoms with Crippen molar-refractivity contribution in [3.05, 3.63) is 65.5 Å². The Bertz CT molecular complexity index is 1290. The minimum atomic E-state index is -4.79. The number of thiophene rings is 1. The summed E-state index contributed by atoms with van der Waals surface area (Å²) in [6, 6.07) is 15.8. The monoisotopic (exact) mass is 459 g/mol. The van der Waals surface area contributed by atoms with E-state index in [9.17, 15) is 18.0 Å². The number of ether oxygens (including phenoxy) is 2. The van der Waals surface area contributed by atoms with Gasteiger partial charge in [0.25, 0.3) is 5.91 Å². The molecule has 0 saturated heterocycles. The molecule has 0 aliphatic carbocycles. The van der Waals surface area contributed by atoms with Gasteiger partial charge in [0, 0.05) is 16.6 Å². The maximum atomic E-state index is 12.7. The van der Waals surface area contributed by atoms with Crippen LogP contribution in [-0.4, -0.2) is 24.4 Å². The predicted molar refractivity (Wildman–Crippen MR) is 117 cm³/mol. The number of nitrogen functional groups attached to an aromatic ring is 1. The number of carbonyl (C=O) groups excluding carboxylic acids is 1. The van der Waals surface area contributed by atoms with E-state index in [1.807, 2.05) is 24.3 Å². The number of pyridine rings is 1. The van der Waals surface area contributed by atoms with E-state index < -0.39 is 12.3 Å². The van der Waals surface area contributed by atoms with Crippen molar-refractivity contribution in [2.24, 2.45) is 0 Å². The number of amides is 1. The number of alkyl halides is 3. The number of hydrogen-bond donors (Lipinski definition) is 2. The smallest absolute Gasteiger partial charge is 0.496 e. The number of aromatic nitrogens is 1. The summed E-state index contributed by atoms with van der Waals surface area (Å²) >= 11 is 1.12. The molecule has 3 N–H and O–H groups in total. The highest BCUT2D eigenvalue weighted by molar-refractivity contribution is 7.21. The summed E-state index contributed by atoms with van der Waals surface area (Å²) in [7, 11) is 1.57. The molecule has 0 atom stereocenters. The maximum absolute atomic E-state index is 12.7. The largest absolute Gasteiger partial charge is 0.573 e. The van der Waals surface area contributed by atoms with Gasteiger partial charge in [-0.3, -0.25) is 4.79 Å². The molecule has 0 unspecified atom stereocenters. The first-order chi connectivity index (χ1) is 15.2. The summed E-state index contributed by atoms with van der Waals surface area (Å²) in [6.45, 7) is 0. The zero-order valence-corrected chi connectivity index (χ0v) is 17.4. The average molecular weight is 459 g/mol. The number of para-hydroxylation sites is 1. The molecule has 4 rings (SSSR count). The maximum Gasteiger partial charge on any atom is 0.573 e. The lowest BCUT2D eigenvalue weighted by Gasteiger charge is -2.09. The third-order valence-electron chi connectivity index (χ3n) is 4.53. The fourth-order valence-electron chi connectivity index (χ4n) is 3.10. The molecule has 0 bridgehead atoms. The molecule has 0 spiro atoms. The van der Waals surface area contributed by atoms with Crippen LogP contribution < -0.4 is 20.5 Å². The zero-order valence-electron chi connectivity index (χ0n) is 16.6. The van der Waals surface area contributed by atoms with Gasteiger partial charge < -0.3 is 20.5 Å². The number of halogens is 3. The number of benzene rings is 2. The minimum Gasteiger partial charge on any atom is -0.496 e. The van der Waals surface area contributed by atoms with E-state index in [-0.39, 0.29) is 16.3 Å². The zero-order chi connectivity index (χ0) is 22.9. The first-order valence-corrected chi connectivity index (χ1v) is 10.1. The van der Waals surface area contributed by atoms with Crippen LogP contribution in [0.3, 0.4) is 0 Å². The van der Waals surface area contributed by atoms with E-state index in [1.165, 1.54) is 12.1 Å². The molecule has 0 saturated carbocycles. The summed E-state index contributed by atoms with van der Waals surface area (Å²) in [6.07, 6.45) is -4.79. The first kappa shape index (κ1) is 21.4. The molecule has 2 heterocycles. The highest BCUT2D eigenvalue weighted by Gasteiger charge is 2.31. The minimum absolute atomic E-state index is 0.250. The molecule has 0 fully saturated rings. The number of anilines is 2. The Kier molecular flexibility index (Phi) is 5.62. The molecule has 2 aromatic carbocycles. The summed E-state index contributed by atoms with van der Waals surface area (Å²) in [5.41, 5.74) is 8.22. The van der Waals surface area contributed by atoms with Gasteiger partial charge in [-0.1, -0.05) is 12.1 Å². The topological polar surface area (TPSA) is 86.5 Å². The van der Waals surface area contributed by atoms with Crippen LogP contribution in [0.4, 0.5) is 24.5 Å². The van der Waals surface area contributed by atoms with Crippen LogP contribution in [0.15, 0.2) is 60.7 Å². The molecule has 0 aliphatic heterocycles. The second-order valence-electron chi connectivity index (χ2n) is 6.62. The first-order valence-electron chi connectivity index (χ1n) is 9.25. The van der Waals surface area contributed by atoms with Gasteiger partial charge in [0.15, 0.2) is 0 Å². The number of methoxy groups -OCH3 is 1. The van der Waals surface area contributed by atoms with Crippen molar-refractivity contribution in [3.8, 4) is 22.8 Å². The van der Waals surface area contributed by atoms with E-state index in [1.54, 1.807) is 19.2 Å². The van der Waals surface area contributed by atoms with Gasteiger partial charge >= 0.3 is 6.36 Å². The van der Waals surface area contributed by atoms with Crippen molar-refractivity contribution in [2.75, 3.05) is 18.2 Å². The van der Waals surface area contributed by atoms with Crippen LogP contribution >= 0.6 is 11.3 Å². The quantitative estimate of drug-likeness (QED) is 0.400. The Morgan fingerprint density at radius 1 is 1.06 bits per heavy atom. The van der Waals surface area contributed by atoms with Crippen LogP contribution in [0, 0.1) is 0 Å². The number of nitrogens with one attached hydrogen (secondary N) is 1. The van der Waals surface area contributed by atoms with Crippen LogP contribution in [0.25, 0.3) is 21.5 Å². The van der Waals surface area contributed by atoms with Gasteiger partial charge in [0.05, 0.1) is 18.5 Å². The Morgan fingerprint density at radius 2 is 1.78 bits per heavy atom. The van der Waals surface area contributed by atoms with Gasteiger partial charge in [0.2, 0.25) is 0 Å². The third-order valence-corrected chi connectivity index (χ3v) is 5.64. The Morgan fingerprint density at radius 3 is 2.47 bits per heavy atom. The van der Waals surface area contributed by atoms with Crippen LogP contribution in [0.5, 0.6) is 11.5 Å². The lowest BCUT2D eigenvalue weighted by atomic mass is 10.1. The van der Waals surface area contributed by atoms with Gasteiger partial charge in [-0.25, -0.2) is 4.98 Å². The van der Waals surface area contributed by atoms with Crippen molar-refractivity contribution < 1.29 is 27.4 Å². The highest BCUT2D eigenvalue weighted by atomic mass is 32.1. The van der Waals surface area contributed by atoms with Gasteiger partial charge in [-0.15, -0.1) is 24.5 Å². The number of rotatable bonds is 5. The van der Waals surface area contributed by atoms with Crippen LogP contribution in [0.2, 0.25) is 0 Å². The van der Waals surface area contributed by atoms with Gasteiger partial charge in [0.1, 0.15) is 21.2 Å². The number of carbonyl (C=O) groups is 1. The van der Waals surface area contributed by atoms with Gasteiger partial charge in [-0.2, -0.15) is 0 Å². The van der Waals surface area contributed by atoms with Crippen molar-refractivity contribution in [3.63, 3.8) is 0 Å². The summed E-state index contributed by atoms with van der Waals surface area (Å²) in [4.78, 5) is 18.2. The van der Waals surface area contributed by atoms with E-state index in [2.05, 4.69) is 15.0 Å². The van der Waals surface area contributed by atoms with E-state index in [0.29, 0.717) is 27.3 Å².